The number of hydrogen-bond donors (Lipinski definition) is 2. The third-order valence-corrected chi connectivity index (χ3v) is 3.61. The average Bonchev–Trinajstić information content (AvgIpc) is 2.66. The van der Waals surface area contributed by atoms with Gasteiger partial charge in [-0.25, -0.2) is 9.59 Å². The van der Waals surface area contributed by atoms with Crippen molar-refractivity contribution >= 4 is 12.0 Å². The Labute approximate surface area is 158 Å². The molecule has 3 N–H and O–H groups in total. The SMILES string of the molecule is CCOc1ccc(OCCOC(=O)[C@H](Cc2ccccc2)NC(N)=O)cc1. The van der Waals surface area contributed by atoms with Gasteiger partial charge in [-0.05, 0) is 36.8 Å². The predicted octanol–water partition coefficient (Wildman–Crippen LogP) is 2.29. The van der Waals surface area contributed by atoms with E-state index in [1.165, 1.54) is 0 Å². The fraction of sp³-hybridized carbons (Fsp3) is 0.300. The van der Waals surface area contributed by atoms with E-state index in [-0.39, 0.29) is 13.2 Å². The van der Waals surface area contributed by atoms with Crippen LogP contribution in [0, 0.1) is 0 Å². The normalized spacial score (nSPS) is 11.3. The molecule has 0 saturated heterocycles. The number of primary amides is 1. The van der Waals surface area contributed by atoms with Crippen molar-refractivity contribution in [1.29, 1.82) is 0 Å². The fourth-order valence-corrected chi connectivity index (χ4v) is 2.42. The highest BCUT2D eigenvalue weighted by atomic mass is 16.6. The molecule has 0 unspecified atom stereocenters. The number of amides is 2. The van der Waals surface area contributed by atoms with Crippen molar-refractivity contribution in [2.45, 2.75) is 19.4 Å². The van der Waals surface area contributed by atoms with Gasteiger partial charge in [-0.1, -0.05) is 30.3 Å². The molecule has 0 aromatic heterocycles. The van der Waals surface area contributed by atoms with E-state index in [2.05, 4.69) is 5.32 Å². The number of rotatable bonds is 10. The zero-order chi connectivity index (χ0) is 19.5. The van der Waals surface area contributed by atoms with Crippen LogP contribution in [0.3, 0.4) is 0 Å². The number of carbonyl (C=O) groups excluding carboxylic acids is 2. The van der Waals surface area contributed by atoms with Gasteiger partial charge >= 0.3 is 12.0 Å². The second kappa shape index (κ2) is 10.7. The lowest BCUT2D eigenvalue weighted by Crippen LogP contribution is -2.46. The second-order valence-corrected chi connectivity index (χ2v) is 5.67. The molecule has 0 aliphatic carbocycles. The quantitative estimate of drug-likeness (QED) is 0.492. The summed E-state index contributed by atoms with van der Waals surface area (Å²) < 4.78 is 16.1. The summed E-state index contributed by atoms with van der Waals surface area (Å²) in [6.07, 6.45) is 0.294. The summed E-state index contributed by atoms with van der Waals surface area (Å²) in [5, 5.41) is 2.41. The molecule has 144 valence electrons. The Morgan fingerprint density at radius 1 is 0.963 bits per heavy atom. The highest BCUT2D eigenvalue weighted by Crippen LogP contribution is 2.17. The van der Waals surface area contributed by atoms with Crippen molar-refractivity contribution in [2.75, 3.05) is 19.8 Å². The lowest BCUT2D eigenvalue weighted by molar-refractivity contribution is -0.146. The zero-order valence-electron chi connectivity index (χ0n) is 15.2. The molecular formula is C20H24N2O5. The number of urea groups is 1. The van der Waals surface area contributed by atoms with E-state index in [0.29, 0.717) is 18.8 Å². The van der Waals surface area contributed by atoms with Gasteiger partial charge in [0.25, 0.3) is 0 Å². The van der Waals surface area contributed by atoms with Gasteiger partial charge in [-0.2, -0.15) is 0 Å². The Morgan fingerprint density at radius 2 is 1.59 bits per heavy atom. The first-order valence-electron chi connectivity index (χ1n) is 8.70. The number of nitrogens with two attached hydrogens (primary N) is 1. The van der Waals surface area contributed by atoms with Crippen LogP contribution in [-0.2, 0) is 16.0 Å². The summed E-state index contributed by atoms with van der Waals surface area (Å²) in [5.74, 6) is 0.844. The first-order valence-corrected chi connectivity index (χ1v) is 8.70. The summed E-state index contributed by atoms with van der Waals surface area (Å²) >= 11 is 0. The molecule has 0 radical (unpaired) electrons. The molecule has 7 heteroatoms. The smallest absolute Gasteiger partial charge is 0.329 e. The first kappa shape index (κ1) is 20.1. The molecule has 2 aromatic rings. The maximum atomic E-state index is 12.2. The van der Waals surface area contributed by atoms with Crippen LogP contribution in [0.5, 0.6) is 11.5 Å². The van der Waals surface area contributed by atoms with E-state index in [1.807, 2.05) is 37.3 Å². The molecule has 0 fully saturated rings. The summed E-state index contributed by atoms with van der Waals surface area (Å²) in [6, 6.07) is 14.8. The van der Waals surface area contributed by atoms with Crippen molar-refractivity contribution in [3.8, 4) is 11.5 Å². The molecule has 2 rings (SSSR count). The molecule has 7 nitrogen and oxygen atoms in total. The Morgan fingerprint density at radius 3 is 2.19 bits per heavy atom. The number of ether oxygens (including phenoxy) is 3. The number of esters is 1. The van der Waals surface area contributed by atoms with Gasteiger partial charge in [0.2, 0.25) is 0 Å². The lowest BCUT2D eigenvalue weighted by atomic mass is 10.1. The third kappa shape index (κ3) is 7.27. The summed E-state index contributed by atoms with van der Waals surface area (Å²) in [5.41, 5.74) is 6.04. The fourth-order valence-electron chi connectivity index (χ4n) is 2.42. The highest BCUT2D eigenvalue weighted by Gasteiger charge is 2.21. The molecule has 2 amide bonds. The van der Waals surface area contributed by atoms with E-state index in [0.717, 1.165) is 11.3 Å². The molecule has 0 saturated carbocycles. The van der Waals surface area contributed by atoms with Crippen molar-refractivity contribution in [2.24, 2.45) is 5.73 Å². The van der Waals surface area contributed by atoms with E-state index >= 15 is 0 Å². The first-order chi connectivity index (χ1) is 13.1. The van der Waals surface area contributed by atoms with Crippen LogP contribution < -0.4 is 20.5 Å². The van der Waals surface area contributed by atoms with E-state index in [1.54, 1.807) is 24.3 Å². The van der Waals surface area contributed by atoms with Crippen molar-refractivity contribution in [1.82, 2.24) is 5.32 Å². The molecule has 0 bridgehead atoms. The van der Waals surface area contributed by atoms with Crippen molar-refractivity contribution in [3.63, 3.8) is 0 Å². The van der Waals surface area contributed by atoms with Crippen LogP contribution in [0.15, 0.2) is 54.6 Å². The maximum absolute atomic E-state index is 12.2. The third-order valence-electron chi connectivity index (χ3n) is 3.61. The van der Waals surface area contributed by atoms with Gasteiger partial charge in [-0.15, -0.1) is 0 Å². The van der Waals surface area contributed by atoms with Gasteiger partial charge in [-0.3, -0.25) is 0 Å². The molecular weight excluding hydrogens is 348 g/mol. The highest BCUT2D eigenvalue weighted by molar-refractivity contribution is 5.83. The van der Waals surface area contributed by atoms with Crippen LogP contribution in [0.25, 0.3) is 0 Å². The zero-order valence-corrected chi connectivity index (χ0v) is 15.2. The minimum Gasteiger partial charge on any atom is -0.494 e. The number of nitrogens with one attached hydrogen (secondary N) is 1. The largest absolute Gasteiger partial charge is 0.494 e. The van der Waals surface area contributed by atoms with E-state index < -0.39 is 18.0 Å². The van der Waals surface area contributed by atoms with Crippen LogP contribution in [-0.4, -0.2) is 37.9 Å². The van der Waals surface area contributed by atoms with Crippen LogP contribution in [0.4, 0.5) is 4.79 Å². The van der Waals surface area contributed by atoms with Crippen LogP contribution in [0.2, 0.25) is 0 Å². The van der Waals surface area contributed by atoms with Gasteiger partial charge in [0.15, 0.2) is 0 Å². The minimum absolute atomic E-state index is 0.0533. The molecule has 0 aliphatic rings. The minimum atomic E-state index is -0.852. The number of benzene rings is 2. The Hall–Kier alpha value is -3.22. The monoisotopic (exact) mass is 372 g/mol. The second-order valence-electron chi connectivity index (χ2n) is 5.67. The molecule has 27 heavy (non-hydrogen) atoms. The van der Waals surface area contributed by atoms with Crippen molar-refractivity contribution in [3.05, 3.63) is 60.2 Å². The lowest BCUT2D eigenvalue weighted by Gasteiger charge is -2.17. The van der Waals surface area contributed by atoms with Crippen LogP contribution >= 0.6 is 0 Å². The topological polar surface area (TPSA) is 99.9 Å². The van der Waals surface area contributed by atoms with Crippen molar-refractivity contribution < 1.29 is 23.8 Å². The molecule has 2 aromatic carbocycles. The van der Waals surface area contributed by atoms with E-state index in [9.17, 15) is 9.59 Å². The number of hydrogen-bond acceptors (Lipinski definition) is 5. The molecule has 0 aliphatic heterocycles. The Balaban J connectivity index is 1.79. The summed E-state index contributed by atoms with van der Waals surface area (Å²) in [4.78, 5) is 23.4. The van der Waals surface area contributed by atoms with Gasteiger partial charge in [0.1, 0.15) is 30.8 Å². The Kier molecular flexibility index (Phi) is 7.96. The Bertz CT molecular complexity index is 719. The molecule has 0 heterocycles. The van der Waals surface area contributed by atoms with Gasteiger partial charge in [0, 0.05) is 6.42 Å². The predicted molar refractivity (Wildman–Crippen MR) is 101 cm³/mol. The standard InChI is InChI=1S/C20H24N2O5/c1-2-25-16-8-10-17(11-9-16)26-12-13-27-19(23)18(22-20(21)24)14-15-6-4-3-5-7-15/h3-11,18H,2,12-14H2,1H3,(H3,21,22,24)/t18-/m0/s1. The van der Waals surface area contributed by atoms with Crippen LogP contribution in [0.1, 0.15) is 12.5 Å². The summed E-state index contributed by atoms with van der Waals surface area (Å²) in [7, 11) is 0. The summed E-state index contributed by atoms with van der Waals surface area (Å²) in [6.45, 7) is 2.75. The molecule has 1 atom stereocenters. The molecule has 0 spiro atoms. The van der Waals surface area contributed by atoms with E-state index in [4.69, 9.17) is 19.9 Å². The van der Waals surface area contributed by atoms with Gasteiger partial charge in [0.05, 0.1) is 6.61 Å². The number of carbonyl (C=O) groups is 2. The van der Waals surface area contributed by atoms with Gasteiger partial charge < -0.3 is 25.3 Å². The average molecular weight is 372 g/mol. The maximum Gasteiger partial charge on any atom is 0.329 e.